The maximum absolute atomic E-state index is 11.2. The molecule has 0 radical (unpaired) electrons. The van der Waals surface area contributed by atoms with Crippen LogP contribution in [0.3, 0.4) is 0 Å². The van der Waals surface area contributed by atoms with E-state index >= 15 is 0 Å². The van der Waals surface area contributed by atoms with Crippen LogP contribution in [-0.4, -0.2) is 25.1 Å². The average Bonchev–Trinajstić information content (AvgIpc) is 2.21. The molecule has 0 aliphatic heterocycles. The number of hydrogen-bond acceptors (Lipinski definition) is 3. The second kappa shape index (κ2) is 4.85. The summed E-state index contributed by atoms with van der Waals surface area (Å²) >= 11 is 6.77. The van der Waals surface area contributed by atoms with E-state index in [-0.39, 0.29) is 11.9 Å². The SMILES string of the molecule is COC1C(=O)CC1Oc1ccc(Br)cc1Br. The Hall–Kier alpha value is -0.390. The molecule has 2 rings (SSSR count). The number of carbonyl (C=O) groups excluding carboxylic acids is 1. The van der Waals surface area contributed by atoms with E-state index in [0.717, 1.165) is 14.7 Å². The zero-order chi connectivity index (χ0) is 11.7. The summed E-state index contributed by atoms with van der Waals surface area (Å²) in [6, 6.07) is 5.64. The minimum atomic E-state index is -0.421. The highest BCUT2D eigenvalue weighted by molar-refractivity contribution is 9.11. The van der Waals surface area contributed by atoms with Crippen LogP contribution in [0.5, 0.6) is 5.75 Å². The van der Waals surface area contributed by atoms with E-state index < -0.39 is 6.10 Å². The average molecular weight is 350 g/mol. The summed E-state index contributed by atoms with van der Waals surface area (Å²) in [5, 5.41) is 0. The number of methoxy groups -OCH3 is 1. The molecule has 0 saturated heterocycles. The Balaban J connectivity index is 2.07. The Morgan fingerprint density at radius 1 is 1.38 bits per heavy atom. The summed E-state index contributed by atoms with van der Waals surface area (Å²) in [5.74, 6) is 0.823. The van der Waals surface area contributed by atoms with Gasteiger partial charge < -0.3 is 9.47 Å². The van der Waals surface area contributed by atoms with Gasteiger partial charge in [0.2, 0.25) is 0 Å². The monoisotopic (exact) mass is 348 g/mol. The fourth-order valence-electron chi connectivity index (χ4n) is 1.59. The number of ketones is 1. The van der Waals surface area contributed by atoms with Crippen molar-refractivity contribution >= 4 is 37.6 Å². The molecule has 1 aliphatic carbocycles. The fraction of sp³-hybridized carbons (Fsp3) is 0.364. The zero-order valence-electron chi connectivity index (χ0n) is 8.57. The van der Waals surface area contributed by atoms with Crippen molar-refractivity contribution < 1.29 is 14.3 Å². The van der Waals surface area contributed by atoms with Crippen LogP contribution in [0.2, 0.25) is 0 Å². The number of hydrogen-bond donors (Lipinski definition) is 0. The van der Waals surface area contributed by atoms with Crippen molar-refractivity contribution in [2.24, 2.45) is 0 Å². The molecule has 16 heavy (non-hydrogen) atoms. The lowest BCUT2D eigenvalue weighted by Crippen LogP contribution is -2.51. The largest absolute Gasteiger partial charge is 0.486 e. The predicted molar refractivity (Wildman–Crippen MR) is 66.7 cm³/mol. The summed E-state index contributed by atoms with van der Waals surface area (Å²) in [4.78, 5) is 11.2. The van der Waals surface area contributed by atoms with Crippen LogP contribution in [0, 0.1) is 0 Å². The van der Waals surface area contributed by atoms with Gasteiger partial charge in [0, 0.05) is 18.0 Å². The van der Waals surface area contributed by atoms with Crippen molar-refractivity contribution in [2.75, 3.05) is 7.11 Å². The third kappa shape index (κ3) is 2.31. The number of benzene rings is 1. The molecular weight excluding hydrogens is 340 g/mol. The van der Waals surface area contributed by atoms with Gasteiger partial charge in [0.15, 0.2) is 11.9 Å². The minimum Gasteiger partial charge on any atom is -0.486 e. The highest BCUT2D eigenvalue weighted by Crippen LogP contribution is 2.32. The number of rotatable bonds is 3. The van der Waals surface area contributed by atoms with Crippen LogP contribution in [0.4, 0.5) is 0 Å². The Kier molecular flexibility index (Phi) is 3.66. The van der Waals surface area contributed by atoms with Gasteiger partial charge in [-0.15, -0.1) is 0 Å². The highest BCUT2D eigenvalue weighted by Gasteiger charge is 2.42. The van der Waals surface area contributed by atoms with Gasteiger partial charge in [-0.25, -0.2) is 0 Å². The number of ether oxygens (including phenoxy) is 2. The second-order valence-corrected chi connectivity index (χ2v) is 5.33. The van der Waals surface area contributed by atoms with Crippen LogP contribution in [0.15, 0.2) is 27.1 Å². The molecule has 5 heteroatoms. The number of carbonyl (C=O) groups is 1. The Bertz CT molecular complexity index is 420. The van der Waals surface area contributed by atoms with E-state index in [9.17, 15) is 4.79 Å². The molecule has 1 aliphatic rings. The van der Waals surface area contributed by atoms with E-state index in [1.165, 1.54) is 7.11 Å². The second-order valence-electron chi connectivity index (χ2n) is 3.56. The van der Waals surface area contributed by atoms with Crippen molar-refractivity contribution in [1.82, 2.24) is 0 Å². The molecule has 0 heterocycles. The lowest BCUT2D eigenvalue weighted by Gasteiger charge is -2.33. The minimum absolute atomic E-state index is 0.0979. The molecule has 3 nitrogen and oxygen atoms in total. The highest BCUT2D eigenvalue weighted by atomic mass is 79.9. The predicted octanol–water partition coefficient (Wildman–Crippen LogP) is 2.95. The summed E-state index contributed by atoms with van der Waals surface area (Å²) in [7, 11) is 1.52. The first kappa shape index (κ1) is 12.1. The van der Waals surface area contributed by atoms with E-state index in [1.807, 2.05) is 18.2 Å². The normalized spacial score (nSPS) is 24.1. The molecule has 86 valence electrons. The number of halogens is 2. The first-order chi connectivity index (χ1) is 7.61. The van der Waals surface area contributed by atoms with Crippen molar-refractivity contribution in [1.29, 1.82) is 0 Å². The molecule has 0 aromatic heterocycles. The summed E-state index contributed by atoms with van der Waals surface area (Å²) in [6.07, 6.45) is -0.174. The van der Waals surface area contributed by atoms with Gasteiger partial charge in [-0.05, 0) is 34.1 Å². The van der Waals surface area contributed by atoms with Crippen LogP contribution in [0.25, 0.3) is 0 Å². The van der Waals surface area contributed by atoms with Crippen LogP contribution < -0.4 is 4.74 Å². The van der Waals surface area contributed by atoms with Crippen LogP contribution >= 0.6 is 31.9 Å². The van der Waals surface area contributed by atoms with Crippen LogP contribution in [-0.2, 0) is 9.53 Å². The van der Waals surface area contributed by atoms with Gasteiger partial charge in [0.25, 0.3) is 0 Å². The zero-order valence-corrected chi connectivity index (χ0v) is 11.7. The Labute approximate surface area is 110 Å². The molecule has 1 aromatic carbocycles. The standard InChI is InChI=1S/C11H10Br2O3/c1-15-11-8(14)5-10(11)16-9-3-2-6(12)4-7(9)13/h2-4,10-11H,5H2,1H3. The molecule has 1 fully saturated rings. The fourth-order valence-corrected chi connectivity index (χ4v) is 2.73. The van der Waals surface area contributed by atoms with Crippen molar-refractivity contribution in [3.8, 4) is 5.75 Å². The van der Waals surface area contributed by atoms with E-state index in [4.69, 9.17) is 9.47 Å². The first-order valence-corrected chi connectivity index (χ1v) is 6.37. The molecule has 2 unspecified atom stereocenters. The first-order valence-electron chi connectivity index (χ1n) is 4.79. The van der Waals surface area contributed by atoms with Gasteiger partial charge in [-0.2, -0.15) is 0 Å². The third-order valence-electron chi connectivity index (χ3n) is 2.48. The topological polar surface area (TPSA) is 35.5 Å². The van der Waals surface area contributed by atoms with E-state index in [1.54, 1.807) is 0 Å². The van der Waals surface area contributed by atoms with Gasteiger partial charge >= 0.3 is 0 Å². The van der Waals surface area contributed by atoms with Gasteiger partial charge in [0.05, 0.1) is 4.47 Å². The molecular formula is C11H10Br2O3. The lowest BCUT2D eigenvalue weighted by molar-refractivity contribution is -0.151. The third-order valence-corrected chi connectivity index (χ3v) is 3.60. The molecule has 1 saturated carbocycles. The smallest absolute Gasteiger partial charge is 0.169 e. The molecule has 2 atom stereocenters. The van der Waals surface area contributed by atoms with Crippen molar-refractivity contribution in [2.45, 2.75) is 18.6 Å². The Morgan fingerprint density at radius 3 is 2.69 bits per heavy atom. The number of Topliss-reactive ketones (excluding diaryl/α,β-unsaturated/α-hetero) is 1. The Morgan fingerprint density at radius 2 is 2.12 bits per heavy atom. The summed E-state index contributed by atoms with van der Waals surface area (Å²) in [5.41, 5.74) is 0. The van der Waals surface area contributed by atoms with E-state index in [2.05, 4.69) is 31.9 Å². The van der Waals surface area contributed by atoms with Gasteiger partial charge in [0.1, 0.15) is 11.9 Å². The molecule has 0 spiro atoms. The summed E-state index contributed by atoms with van der Waals surface area (Å²) in [6.45, 7) is 0. The molecule has 0 amide bonds. The lowest BCUT2D eigenvalue weighted by atomic mass is 9.90. The van der Waals surface area contributed by atoms with Crippen LogP contribution in [0.1, 0.15) is 6.42 Å². The molecule has 1 aromatic rings. The maximum Gasteiger partial charge on any atom is 0.169 e. The molecule has 0 N–H and O–H groups in total. The summed E-state index contributed by atoms with van der Waals surface area (Å²) < 4.78 is 12.6. The van der Waals surface area contributed by atoms with E-state index in [0.29, 0.717) is 6.42 Å². The molecule has 0 bridgehead atoms. The maximum atomic E-state index is 11.2. The van der Waals surface area contributed by atoms with Crippen molar-refractivity contribution in [3.05, 3.63) is 27.1 Å². The van der Waals surface area contributed by atoms with Gasteiger partial charge in [-0.3, -0.25) is 4.79 Å². The quantitative estimate of drug-likeness (QED) is 0.841. The van der Waals surface area contributed by atoms with Crippen molar-refractivity contribution in [3.63, 3.8) is 0 Å². The van der Waals surface area contributed by atoms with Gasteiger partial charge in [-0.1, -0.05) is 15.9 Å².